The van der Waals surface area contributed by atoms with Crippen LogP contribution in [0.5, 0.6) is 0 Å². The molecule has 20 heavy (non-hydrogen) atoms. The highest BCUT2D eigenvalue weighted by molar-refractivity contribution is 9.13. The van der Waals surface area contributed by atoms with Gasteiger partial charge in [-0.1, -0.05) is 6.07 Å². The molecule has 0 fully saturated rings. The fraction of sp³-hybridized carbons (Fsp3) is 0.167. The minimum atomic E-state index is -3.57. The lowest BCUT2D eigenvalue weighted by Crippen LogP contribution is -2.13. The predicted molar refractivity (Wildman–Crippen MR) is 91.3 cm³/mol. The molecule has 0 spiro atoms. The standard InChI is InChI=1S/C12H12Br2N2O2S2/c1-16(2)9-5-3-4-8(6-9)15-20(17,18)11-7-10(13)12(14)19-11/h3-7,15H,1-2H3. The van der Waals surface area contributed by atoms with Crippen LogP contribution in [0.2, 0.25) is 0 Å². The van der Waals surface area contributed by atoms with Crippen molar-refractivity contribution in [2.75, 3.05) is 23.7 Å². The Balaban J connectivity index is 2.31. The molecular weight excluding hydrogens is 428 g/mol. The van der Waals surface area contributed by atoms with Gasteiger partial charge < -0.3 is 4.90 Å². The first kappa shape index (κ1) is 15.8. The highest BCUT2D eigenvalue weighted by Crippen LogP contribution is 2.35. The number of hydrogen-bond donors (Lipinski definition) is 1. The maximum atomic E-state index is 12.3. The summed E-state index contributed by atoms with van der Waals surface area (Å²) >= 11 is 7.75. The number of anilines is 2. The van der Waals surface area contributed by atoms with Crippen LogP contribution in [0.15, 0.2) is 42.8 Å². The third-order valence-electron chi connectivity index (χ3n) is 2.50. The van der Waals surface area contributed by atoms with Crippen molar-refractivity contribution < 1.29 is 8.42 Å². The second-order valence-corrected chi connectivity index (χ2v) is 9.37. The summed E-state index contributed by atoms with van der Waals surface area (Å²) in [6.07, 6.45) is 0. The number of sulfonamides is 1. The summed E-state index contributed by atoms with van der Waals surface area (Å²) in [7, 11) is 0.240. The van der Waals surface area contributed by atoms with E-state index in [4.69, 9.17) is 0 Å². The molecule has 0 aliphatic heterocycles. The van der Waals surface area contributed by atoms with E-state index in [0.717, 1.165) is 25.3 Å². The number of benzene rings is 1. The molecule has 0 saturated heterocycles. The molecule has 2 aromatic rings. The molecule has 0 bridgehead atoms. The maximum Gasteiger partial charge on any atom is 0.271 e. The van der Waals surface area contributed by atoms with Gasteiger partial charge in [0.1, 0.15) is 4.21 Å². The number of nitrogens with one attached hydrogen (secondary N) is 1. The molecule has 108 valence electrons. The lowest BCUT2D eigenvalue weighted by Gasteiger charge is -2.14. The molecule has 1 aromatic heterocycles. The Kier molecular flexibility index (Phi) is 4.78. The van der Waals surface area contributed by atoms with Crippen molar-refractivity contribution in [2.45, 2.75) is 4.21 Å². The Labute approximate surface area is 139 Å². The molecule has 0 amide bonds. The first-order chi connectivity index (χ1) is 9.29. The lowest BCUT2D eigenvalue weighted by molar-refractivity contribution is 0.603. The van der Waals surface area contributed by atoms with Gasteiger partial charge in [0.2, 0.25) is 0 Å². The average molecular weight is 440 g/mol. The molecular formula is C12H12Br2N2O2S2. The van der Waals surface area contributed by atoms with Gasteiger partial charge in [-0.05, 0) is 56.1 Å². The summed E-state index contributed by atoms with van der Waals surface area (Å²) in [6, 6.07) is 8.81. The zero-order valence-electron chi connectivity index (χ0n) is 10.7. The highest BCUT2D eigenvalue weighted by atomic mass is 79.9. The summed E-state index contributed by atoms with van der Waals surface area (Å²) in [5, 5.41) is 0. The van der Waals surface area contributed by atoms with Gasteiger partial charge in [0, 0.05) is 24.3 Å². The molecule has 2 rings (SSSR count). The van der Waals surface area contributed by atoms with Gasteiger partial charge in [-0.25, -0.2) is 8.42 Å². The van der Waals surface area contributed by atoms with E-state index >= 15 is 0 Å². The zero-order valence-corrected chi connectivity index (χ0v) is 15.5. The van der Waals surface area contributed by atoms with Gasteiger partial charge in [0.05, 0.1) is 9.47 Å². The van der Waals surface area contributed by atoms with E-state index in [2.05, 4.69) is 36.6 Å². The summed E-state index contributed by atoms with van der Waals surface area (Å²) in [5.41, 5.74) is 1.47. The van der Waals surface area contributed by atoms with Crippen molar-refractivity contribution in [3.05, 3.63) is 38.6 Å². The third kappa shape index (κ3) is 3.55. The van der Waals surface area contributed by atoms with E-state index in [9.17, 15) is 8.42 Å². The van der Waals surface area contributed by atoms with E-state index < -0.39 is 10.0 Å². The fourth-order valence-electron chi connectivity index (χ4n) is 1.51. The quantitative estimate of drug-likeness (QED) is 0.778. The predicted octanol–water partition coefficient (Wildman–Crippen LogP) is 4.14. The lowest BCUT2D eigenvalue weighted by atomic mass is 10.3. The van der Waals surface area contributed by atoms with Crippen LogP contribution < -0.4 is 9.62 Å². The van der Waals surface area contributed by atoms with Crippen molar-refractivity contribution in [1.82, 2.24) is 0 Å². The second-order valence-electron chi connectivity index (χ2n) is 4.24. The van der Waals surface area contributed by atoms with Crippen LogP contribution in [-0.2, 0) is 10.0 Å². The maximum absolute atomic E-state index is 12.3. The van der Waals surface area contributed by atoms with Crippen molar-refractivity contribution in [2.24, 2.45) is 0 Å². The third-order valence-corrected chi connectivity index (χ3v) is 7.61. The first-order valence-corrected chi connectivity index (χ1v) is 9.43. The SMILES string of the molecule is CN(C)c1cccc(NS(=O)(=O)c2cc(Br)c(Br)s2)c1. The summed E-state index contributed by atoms with van der Waals surface area (Å²) in [5.74, 6) is 0. The molecule has 1 aromatic carbocycles. The monoisotopic (exact) mass is 438 g/mol. The molecule has 0 unspecified atom stereocenters. The van der Waals surface area contributed by atoms with Gasteiger partial charge in [-0.15, -0.1) is 11.3 Å². The first-order valence-electron chi connectivity index (χ1n) is 5.54. The van der Waals surface area contributed by atoms with Gasteiger partial charge in [-0.3, -0.25) is 4.72 Å². The Morgan fingerprint density at radius 1 is 1.20 bits per heavy atom. The molecule has 0 aliphatic rings. The van der Waals surface area contributed by atoms with Crippen molar-refractivity contribution >= 4 is 64.6 Å². The second kappa shape index (κ2) is 6.05. The number of rotatable bonds is 4. The molecule has 0 atom stereocenters. The van der Waals surface area contributed by atoms with E-state index in [1.54, 1.807) is 18.2 Å². The van der Waals surface area contributed by atoms with Gasteiger partial charge >= 0.3 is 0 Å². The van der Waals surface area contributed by atoms with Crippen LogP contribution >= 0.6 is 43.2 Å². The van der Waals surface area contributed by atoms with Crippen molar-refractivity contribution in [3.63, 3.8) is 0 Å². The largest absolute Gasteiger partial charge is 0.378 e. The highest BCUT2D eigenvalue weighted by Gasteiger charge is 2.19. The van der Waals surface area contributed by atoms with Crippen LogP contribution in [0, 0.1) is 0 Å². The zero-order chi connectivity index (χ0) is 14.9. The number of nitrogens with zero attached hydrogens (tertiary/aromatic N) is 1. The van der Waals surface area contributed by atoms with Crippen LogP contribution in [0.1, 0.15) is 0 Å². The van der Waals surface area contributed by atoms with Crippen LogP contribution in [0.4, 0.5) is 11.4 Å². The van der Waals surface area contributed by atoms with Gasteiger partial charge in [0.25, 0.3) is 10.0 Å². The Hall–Kier alpha value is -0.570. The summed E-state index contributed by atoms with van der Waals surface area (Å²) < 4.78 is 28.9. The fourth-order valence-corrected chi connectivity index (χ4v) is 5.38. The molecule has 1 N–H and O–H groups in total. The summed E-state index contributed by atoms with van der Waals surface area (Å²) in [6.45, 7) is 0. The van der Waals surface area contributed by atoms with E-state index in [1.165, 1.54) is 0 Å². The van der Waals surface area contributed by atoms with Crippen molar-refractivity contribution in [3.8, 4) is 0 Å². The van der Waals surface area contributed by atoms with E-state index in [-0.39, 0.29) is 4.21 Å². The molecule has 0 radical (unpaired) electrons. The van der Waals surface area contributed by atoms with E-state index in [0.29, 0.717) is 5.69 Å². The number of halogens is 2. The molecule has 4 nitrogen and oxygen atoms in total. The van der Waals surface area contributed by atoms with Crippen molar-refractivity contribution in [1.29, 1.82) is 0 Å². The molecule has 1 heterocycles. The molecule has 8 heteroatoms. The Morgan fingerprint density at radius 2 is 1.90 bits per heavy atom. The normalized spacial score (nSPS) is 11.4. The molecule has 0 saturated carbocycles. The van der Waals surface area contributed by atoms with Crippen LogP contribution in [0.3, 0.4) is 0 Å². The minimum absolute atomic E-state index is 0.256. The van der Waals surface area contributed by atoms with Gasteiger partial charge in [0.15, 0.2) is 0 Å². The van der Waals surface area contributed by atoms with Gasteiger partial charge in [-0.2, -0.15) is 0 Å². The number of thiophene rings is 1. The minimum Gasteiger partial charge on any atom is -0.378 e. The Morgan fingerprint density at radius 3 is 2.45 bits per heavy atom. The molecule has 0 aliphatic carbocycles. The summed E-state index contributed by atoms with van der Waals surface area (Å²) in [4.78, 5) is 1.91. The number of hydrogen-bond acceptors (Lipinski definition) is 4. The Bertz CT molecular complexity index is 707. The topological polar surface area (TPSA) is 49.4 Å². The van der Waals surface area contributed by atoms with Crippen LogP contribution in [-0.4, -0.2) is 22.5 Å². The smallest absolute Gasteiger partial charge is 0.271 e. The van der Waals surface area contributed by atoms with E-state index in [1.807, 2.05) is 31.1 Å². The average Bonchev–Trinajstić information content (AvgIpc) is 2.70. The van der Waals surface area contributed by atoms with Crippen LogP contribution in [0.25, 0.3) is 0 Å².